The van der Waals surface area contributed by atoms with Gasteiger partial charge in [0.2, 0.25) is 17.7 Å². The van der Waals surface area contributed by atoms with Crippen LogP contribution in [0.2, 0.25) is 0 Å². The lowest BCUT2D eigenvalue weighted by Crippen LogP contribution is -2.53. The fourth-order valence-corrected chi connectivity index (χ4v) is 7.09. The molecule has 1 aromatic heterocycles. The van der Waals surface area contributed by atoms with E-state index in [-0.39, 0.29) is 35.9 Å². The van der Waals surface area contributed by atoms with Gasteiger partial charge in [-0.15, -0.1) is 0 Å². The van der Waals surface area contributed by atoms with Crippen molar-refractivity contribution in [3.63, 3.8) is 0 Å². The maximum Gasteiger partial charge on any atom is 0.270 e. The molecule has 1 saturated heterocycles. The molecule has 3 N–H and O–H groups in total. The lowest BCUT2D eigenvalue weighted by Gasteiger charge is -2.36. The first-order valence-electron chi connectivity index (χ1n) is 18.3. The van der Waals surface area contributed by atoms with Crippen molar-refractivity contribution in [2.24, 2.45) is 11.8 Å². The number of amides is 4. The molecule has 0 spiro atoms. The van der Waals surface area contributed by atoms with Crippen LogP contribution in [-0.2, 0) is 20.9 Å². The molecule has 3 atom stereocenters. The summed E-state index contributed by atoms with van der Waals surface area (Å²) in [5.74, 6) is -1.43. The van der Waals surface area contributed by atoms with Crippen molar-refractivity contribution in [1.82, 2.24) is 25.3 Å². The molecule has 2 aliphatic rings. The van der Waals surface area contributed by atoms with Crippen LogP contribution in [0.25, 0.3) is 0 Å². The van der Waals surface area contributed by atoms with E-state index in [0.717, 1.165) is 31.4 Å². The van der Waals surface area contributed by atoms with Crippen LogP contribution in [0, 0.1) is 17.7 Å². The molecule has 1 saturated carbocycles. The van der Waals surface area contributed by atoms with Gasteiger partial charge in [-0.3, -0.25) is 23.9 Å². The van der Waals surface area contributed by atoms with Crippen molar-refractivity contribution in [2.45, 2.75) is 103 Å². The van der Waals surface area contributed by atoms with Crippen molar-refractivity contribution >= 4 is 29.3 Å². The summed E-state index contributed by atoms with van der Waals surface area (Å²) in [4.78, 5) is 55.2. The normalized spacial score (nSPS) is 19.7. The van der Waals surface area contributed by atoms with Crippen LogP contribution in [0.1, 0.15) is 94.6 Å². The molecule has 0 bridgehead atoms. The van der Waals surface area contributed by atoms with Crippen LogP contribution in [-0.4, -0.2) is 69.6 Å². The topological polar surface area (TPSA) is 135 Å². The Morgan fingerprint density at radius 3 is 2.29 bits per heavy atom. The van der Waals surface area contributed by atoms with E-state index >= 15 is 4.39 Å². The zero-order valence-electron chi connectivity index (χ0n) is 30.1. The third kappa shape index (κ3) is 9.53. The number of benzene rings is 2. The van der Waals surface area contributed by atoms with E-state index in [9.17, 15) is 19.2 Å². The number of halogens is 1. The number of anilines is 1. The molecule has 0 unspecified atom stereocenters. The number of likely N-dealkylation sites (tertiary alicyclic amines) is 1. The molecule has 274 valence electrons. The number of piperidine rings is 1. The fourth-order valence-electron chi connectivity index (χ4n) is 7.09. The Morgan fingerprint density at radius 2 is 1.65 bits per heavy atom. The molecule has 1 aliphatic carbocycles. The number of para-hydroxylation sites is 1. The zero-order chi connectivity index (χ0) is 36.5. The summed E-state index contributed by atoms with van der Waals surface area (Å²) < 4.78 is 23.4. The van der Waals surface area contributed by atoms with Gasteiger partial charge in [0.1, 0.15) is 35.4 Å². The Morgan fingerprint density at radius 1 is 0.941 bits per heavy atom. The Balaban J connectivity index is 1.27. The standard InChI is InChI=1S/C39H51FN6O5/c1-5-34(47)43-35(39(50)45-22-19-30(20-23-45)51-29-10-8-7-9-11-29)26(4)28-16-17-32(31(40)24-28)42-38(49)36(27-14-12-25(3)13-15-27)44-37(48)33-18-21-41-46(33)6-2/h7-11,16-18,21,24-27,30,35-36H,5-6,12-15,19-20,22-23H2,1-4H3,(H,42,49)(H,43,47)(H,44,48)/t25?,26-,27?,35+,36-/m0/s1. The highest BCUT2D eigenvalue weighted by Crippen LogP contribution is 2.32. The molecule has 2 heterocycles. The largest absolute Gasteiger partial charge is 0.490 e. The molecule has 51 heavy (non-hydrogen) atoms. The second-order valence-corrected chi connectivity index (χ2v) is 13.9. The molecule has 0 radical (unpaired) electrons. The maximum absolute atomic E-state index is 15.8. The van der Waals surface area contributed by atoms with Crippen molar-refractivity contribution in [3.8, 4) is 5.75 Å². The number of hydrogen-bond donors (Lipinski definition) is 3. The minimum atomic E-state index is -0.909. The highest BCUT2D eigenvalue weighted by molar-refractivity contribution is 6.00. The first kappa shape index (κ1) is 37.5. The van der Waals surface area contributed by atoms with E-state index in [1.165, 1.54) is 12.1 Å². The number of carbonyl (C=O) groups excluding carboxylic acids is 4. The minimum Gasteiger partial charge on any atom is -0.490 e. The smallest absolute Gasteiger partial charge is 0.270 e. The maximum atomic E-state index is 15.8. The minimum absolute atomic E-state index is 0.0242. The summed E-state index contributed by atoms with van der Waals surface area (Å²) >= 11 is 0. The molecular formula is C39H51FN6O5. The molecule has 2 aromatic carbocycles. The first-order valence-corrected chi connectivity index (χ1v) is 18.3. The number of rotatable bonds is 13. The zero-order valence-corrected chi connectivity index (χ0v) is 30.1. The van der Waals surface area contributed by atoms with Gasteiger partial charge in [0.15, 0.2) is 0 Å². The number of aromatic nitrogens is 2. The predicted molar refractivity (Wildman–Crippen MR) is 193 cm³/mol. The summed E-state index contributed by atoms with van der Waals surface area (Å²) in [6, 6.07) is 13.9. The molecule has 11 nitrogen and oxygen atoms in total. The third-order valence-electron chi connectivity index (χ3n) is 10.3. The Labute approximate surface area is 299 Å². The van der Waals surface area contributed by atoms with Crippen molar-refractivity contribution in [1.29, 1.82) is 0 Å². The van der Waals surface area contributed by atoms with E-state index in [2.05, 4.69) is 28.0 Å². The predicted octanol–water partition coefficient (Wildman–Crippen LogP) is 5.67. The van der Waals surface area contributed by atoms with Gasteiger partial charge in [-0.05, 0) is 67.5 Å². The average molecular weight is 703 g/mol. The number of nitrogens with one attached hydrogen (secondary N) is 3. The molecule has 12 heteroatoms. The molecule has 5 rings (SSSR count). The first-order chi connectivity index (χ1) is 24.6. The number of ether oxygens (including phenoxy) is 1. The van der Waals surface area contributed by atoms with Crippen molar-refractivity contribution in [3.05, 3.63) is 77.9 Å². The van der Waals surface area contributed by atoms with E-state index in [1.54, 1.807) is 41.8 Å². The molecular weight excluding hydrogens is 651 g/mol. The fraction of sp³-hybridized carbons (Fsp3) is 0.513. The van der Waals surface area contributed by atoms with Crippen molar-refractivity contribution in [2.75, 3.05) is 18.4 Å². The average Bonchev–Trinajstić information content (AvgIpc) is 3.63. The number of aryl methyl sites for hydroxylation is 1. The summed E-state index contributed by atoms with van der Waals surface area (Å²) in [7, 11) is 0. The second-order valence-electron chi connectivity index (χ2n) is 13.9. The van der Waals surface area contributed by atoms with Gasteiger partial charge < -0.3 is 25.6 Å². The van der Waals surface area contributed by atoms with E-state index in [1.807, 2.05) is 37.3 Å². The Kier molecular flexibility index (Phi) is 12.8. The van der Waals surface area contributed by atoms with E-state index in [0.29, 0.717) is 49.7 Å². The second kappa shape index (κ2) is 17.5. The summed E-state index contributed by atoms with van der Waals surface area (Å²) in [5.41, 5.74) is 0.827. The van der Waals surface area contributed by atoms with E-state index < -0.39 is 35.6 Å². The SMILES string of the molecule is CCC(=O)N[C@@H](C(=O)N1CCC(Oc2ccccc2)CC1)[C@@H](C)c1ccc(NC(=O)[C@@H](NC(=O)c2ccnn2CC)C2CCC(C)CC2)c(F)c1. The van der Waals surface area contributed by atoms with E-state index in [4.69, 9.17) is 4.74 Å². The van der Waals surface area contributed by atoms with Gasteiger partial charge in [0.25, 0.3) is 5.91 Å². The van der Waals surface area contributed by atoms with Gasteiger partial charge >= 0.3 is 0 Å². The lowest BCUT2D eigenvalue weighted by atomic mass is 9.79. The Bertz CT molecular complexity index is 1650. The summed E-state index contributed by atoms with van der Waals surface area (Å²) in [5, 5.41) is 12.7. The van der Waals surface area contributed by atoms with Gasteiger partial charge in [-0.2, -0.15) is 5.10 Å². The Hall–Kier alpha value is -4.74. The highest BCUT2D eigenvalue weighted by Gasteiger charge is 2.36. The van der Waals surface area contributed by atoms with Crippen LogP contribution in [0.3, 0.4) is 0 Å². The van der Waals surface area contributed by atoms with Gasteiger partial charge in [-0.1, -0.05) is 57.9 Å². The van der Waals surface area contributed by atoms with Crippen LogP contribution in [0.4, 0.5) is 10.1 Å². The highest BCUT2D eigenvalue weighted by atomic mass is 19.1. The van der Waals surface area contributed by atoms with Gasteiger partial charge in [-0.25, -0.2) is 4.39 Å². The van der Waals surface area contributed by atoms with Gasteiger partial charge in [0.05, 0.1) is 5.69 Å². The van der Waals surface area contributed by atoms with Crippen LogP contribution in [0.15, 0.2) is 60.8 Å². The molecule has 2 fully saturated rings. The number of nitrogens with zero attached hydrogens (tertiary/aromatic N) is 3. The third-order valence-corrected chi connectivity index (χ3v) is 10.3. The number of hydrogen-bond acceptors (Lipinski definition) is 6. The quantitative estimate of drug-likeness (QED) is 0.210. The molecule has 4 amide bonds. The van der Waals surface area contributed by atoms with Crippen molar-refractivity contribution < 1.29 is 28.3 Å². The monoisotopic (exact) mass is 702 g/mol. The van der Waals surface area contributed by atoms with Crippen LogP contribution in [0.5, 0.6) is 5.75 Å². The van der Waals surface area contributed by atoms with Gasteiger partial charge in [0, 0.05) is 51.0 Å². The molecule has 3 aromatic rings. The number of carbonyl (C=O) groups is 4. The summed E-state index contributed by atoms with van der Waals surface area (Å²) in [6.07, 6.45) is 6.42. The summed E-state index contributed by atoms with van der Waals surface area (Å²) in [6.45, 7) is 9.00. The lowest BCUT2D eigenvalue weighted by molar-refractivity contribution is -0.138. The van der Waals surface area contributed by atoms with Crippen LogP contribution < -0.4 is 20.7 Å². The van der Waals surface area contributed by atoms with Crippen LogP contribution >= 0.6 is 0 Å². The molecule has 1 aliphatic heterocycles.